The van der Waals surface area contributed by atoms with Crippen molar-refractivity contribution < 1.29 is 4.79 Å². The summed E-state index contributed by atoms with van der Waals surface area (Å²) in [6.07, 6.45) is 5.12. The third kappa shape index (κ3) is 1.70. The number of carbonyl (C=O) groups excluding carboxylic acids is 1. The summed E-state index contributed by atoms with van der Waals surface area (Å²) in [7, 11) is 0. The van der Waals surface area contributed by atoms with Crippen LogP contribution in [0.3, 0.4) is 0 Å². The molecule has 1 heterocycles. The lowest BCUT2D eigenvalue weighted by atomic mass is 9.90. The van der Waals surface area contributed by atoms with Crippen LogP contribution in [0.15, 0.2) is 0 Å². The summed E-state index contributed by atoms with van der Waals surface area (Å²) in [5, 5.41) is 0. The van der Waals surface area contributed by atoms with E-state index in [1.54, 1.807) is 0 Å². The minimum absolute atomic E-state index is 0.409. The van der Waals surface area contributed by atoms with Crippen molar-refractivity contribution in [2.24, 2.45) is 0 Å². The third-order valence-electron chi connectivity index (χ3n) is 3.44. The molecule has 3 nitrogen and oxygen atoms in total. The normalized spacial score (nSPS) is 31.5. The van der Waals surface area contributed by atoms with Crippen molar-refractivity contribution >= 4 is 6.41 Å². The molecule has 1 aliphatic heterocycles. The highest BCUT2D eigenvalue weighted by Gasteiger charge is 2.30. The van der Waals surface area contributed by atoms with Gasteiger partial charge in [0.1, 0.15) is 0 Å². The maximum Gasteiger partial charge on any atom is 0.210 e. The molecular formula is C10H18N2O. The molecule has 1 aliphatic carbocycles. The second-order valence-electron chi connectivity index (χ2n) is 4.27. The van der Waals surface area contributed by atoms with Crippen LogP contribution in [0.2, 0.25) is 0 Å². The van der Waals surface area contributed by atoms with E-state index in [1.807, 2.05) is 4.90 Å². The van der Waals surface area contributed by atoms with Gasteiger partial charge < -0.3 is 4.90 Å². The quantitative estimate of drug-likeness (QED) is 0.587. The van der Waals surface area contributed by atoms with E-state index in [0.717, 1.165) is 32.1 Å². The molecule has 1 atom stereocenters. The first kappa shape index (κ1) is 9.00. The zero-order valence-electron chi connectivity index (χ0n) is 8.28. The Balaban J connectivity index is 1.86. The highest BCUT2D eigenvalue weighted by molar-refractivity contribution is 5.48. The van der Waals surface area contributed by atoms with Crippen LogP contribution in [0.25, 0.3) is 0 Å². The zero-order valence-corrected chi connectivity index (χ0v) is 8.28. The Bertz CT molecular complexity index is 191. The van der Waals surface area contributed by atoms with Gasteiger partial charge in [0.05, 0.1) is 0 Å². The minimum Gasteiger partial charge on any atom is -0.340 e. The molecule has 2 rings (SSSR count). The predicted molar refractivity (Wildman–Crippen MR) is 51.4 cm³/mol. The number of hydrogen-bond acceptors (Lipinski definition) is 2. The molecule has 0 aromatic rings. The average molecular weight is 182 g/mol. The van der Waals surface area contributed by atoms with Gasteiger partial charge in [-0.25, -0.2) is 0 Å². The lowest BCUT2D eigenvalue weighted by Crippen LogP contribution is -2.55. The van der Waals surface area contributed by atoms with Gasteiger partial charge in [-0.05, 0) is 19.8 Å². The van der Waals surface area contributed by atoms with Crippen molar-refractivity contribution in [3.05, 3.63) is 0 Å². The van der Waals surface area contributed by atoms with Crippen molar-refractivity contribution in [1.82, 2.24) is 9.80 Å². The topological polar surface area (TPSA) is 23.6 Å². The lowest BCUT2D eigenvalue weighted by Gasteiger charge is -2.44. The van der Waals surface area contributed by atoms with E-state index in [4.69, 9.17) is 0 Å². The largest absolute Gasteiger partial charge is 0.340 e. The molecule has 0 aromatic heterocycles. The van der Waals surface area contributed by atoms with Gasteiger partial charge in [0.15, 0.2) is 0 Å². The van der Waals surface area contributed by atoms with Crippen molar-refractivity contribution in [3.8, 4) is 0 Å². The summed E-state index contributed by atoms with van der Waals surface area (Å²) < 4.78 is 0. The van der Waals surface area contributed by atoms with Crippen molar-refractivity contribution in [2.75, 3.05) is 19.6 Å². The SMILES string of the molecule is C[C@H]1CN(C2CCC2)CCN1C=O. The molecule has 2 fully saturated rings. The van der Waals surface area contributed by atoms with Crippen LogP contribution in [-0.4, -0.2) is 47.9 Å². The lowest BCUT2D eigenvalue weighted by molar-refractivity contribution is -0.123. The molecule has 2 aliphatic rings. The van der Waals surface area contributed by atoms with E-state index in [9.17, 15) is 4.79 Å². The molecule has 0 N–H and O–H groups in total. The van der Waals surface area contributed by atoms with Crippen LogP contribution in [0.1, 0.15) is 26.2 Å². The molecule has 1 amide bonds. The second kappa shape index (κ2) is 3.66. The molecule has 1 saturated heterocycles. The Hall–Kier alpha value is -0.570. The van der Waals surface area contributed by atoms with Gasteiger partial charge in [-0.3, -0.25) is 9.69 Å². The number of hydrogen-bond donors (Lipinski definition) is 0. The van der Waals surface area contributed by atoms with E-state index in [0.29, 0.717) is 6.04 Å². The molecule has 1 saturated carbocycles. The van der Waals surface area contributed by atoms with Crippen LogP contribution in [0.4, 0.5) is 0 Å². The first-order chi connectivity index (χ1) is 6.31. The standard InChI is InChI=1S/C10H18N2O/c1-9-7-11(10-3-2-4-10)5-6-12(9)8-13/h8-10H,2-7H2,1H3/t9-/m0/s1. The Labute approximate surface area is 79.7 Å². The highest BCUT2D eigenvalue weighted by Crippen LogP contribution is 2.26. The fourth-order valence-electron chi connectivity index (χ4n) is 2.24. The Kier molecular flexibility index (Phi) is 2.54. The summed E-state index contributed by atoms with van der Waals surface area (Å²) in [5.74, 6) is 0. The zero-order chi connectivity index (χ0) is 9.26. The number of nitrogens with zero attached hydrogens (tertiary/aromatic N) is 2. The van der Waals surface area contributed by atoms with Gasteiger partial charge in [0, 0.05) is 31.7 Å². The summed E-state index contributed by atoms with van der Waals surface area (Å²) in [5.41, 5.74) is 0. The second-order valence-corrected chi connectivity index (χ2v) is 4.27. The maximum absolute atomic E-state index is 10.6. The molecule has 0 aromatic carbocycles. The minimum atomic E-state index is 0.409. The van der Waals surface area contributed by atoms with Gasteiger partial charge in [-0.1, -0.05) is 6.42 Å². The summed E-state index contributed by atoms with van der Waals surface area (Å²) in [4.78, 5) is 15.1. The summed E-state index contributed by atoms with van der Waals surface area (Å²) in [6.45, 7) is 5.21. The molecule has 3 heteroatoms. The van der Waals surface area contributed by atoms with Gasteiger partial charge in [0.25, 0.3) is 0 Å². The van der Waals surface area contributed by atoms with E-state index in [1.165, 1.54) is 19.3 Å². The first-order valence-electron chi connectivity index (χ1n) is 5.26. The summed E-state index contributed by atoms with van der Waals surface area (Å²) in [6, 6.07) is 1.24. The number of piperazine rings is 1. The van der Waals surface area contributed by atoms with Gasteiger partial charge in [-0.15, -0.1) is 0 Å². The molecular weight excluding hydrogens is 164 g/mol. The molecule has 0 radical (unpaired) electrons. The van der Waals surface area contributed by atoms with Crippen molar-refractivity contribution in [3.63, 3.8) is 0 Å². The molecule has 0 bridgehead atoms. The van der Waals surface area contributed by atoms with Gasteiger partial charge >= 0.3 is 0 Å². The fourth-order valence-corrected chi connectivity index (χ4v) is 2.24. The molecule has 74 valence electrons. The smallest absolute Gasteiger partial charge is 0.210 e. The van der Waals surface area contributed by atoms with Crippen LogP contribution in [0.5, 0.6) is 0 Å². The summed E-state index contributed by atoms with van der Waals surface area (Å²) >= 11 is 0. The number of carbonyl (C=O) groups is 1. The monoisotopic (exact) mass is 182 g/mol. The average Bonchev–Trinajstić information content (AvgIpc) is 2.01. The first-order valence-corrected chi connectivity index (χ1v) is 5.26. The molecule has 0 unspecified atom stereocenters. The van der Waals surface area contributed by atoms with Gasteiger partial charge in [0.2, 0.25) is 6.41 Å². The molecule has 0 spiro atoms. The van der Waals surface area contributed by atoms with Crippen LogP contribution < -0.4 is 0 Å². The van der Waals surface area contributed by atoms with E-state index >= 15 is 0 Å². The Morgan fingerprint density at radius 1 is 1.31 bits per heavy atom. The number of rotatable bonds is 2. The number of amides is 1. The molecule has 13 heavy (non-hydrogen) atoms. The van der Waals surface area contributed by atoms with E-state index in [-0.39, 0.29) is 0 Å². The predicted octanol–water partition coefficient (Wildman–Crippen LogP) is 0.701. The fraction of sp³-hybridized carbons (Fsp3) is 0.900. The third-order valence-corrected chi connectivity index (χ3v) is 3.44. The van der Waals surface area contributed by atoms with Crippen LogP contribution >= 0.6 is 0 Å². The Morgan fingerprint density at radius 2 is 2.08 bits per heavy atom. The Morgan fingerprint density at radius 3 is 2.54 bits per heavy atom. The van der Waals surface area contributed by atoms with Gasteiger partial charge in [-0.2, -0.15) is 0 Å². The van der Waals surface area contributed by atoms with Crippen molar-refractivity contribution in [2.45, 2.75) is 38.3 Å². The van der Waals surface area contributed by atoms with Crippen molar-refractivity contribution in [1.29, 1.82) is 0 Å². The van der Waals surface area contributed by atoms with E-state index in [2.05, 4.69) is 11.8 Å². The maximum atomic E-state index is 10.6. The highest BCUT2D eigenvalue weighted by atomic mass is 16.1. The van der Waals surface area contributed by atoms with Crippen LogP contribution in [0, 0.1) is 0 Å². The van der Waals surface area contributed by atoms with E-state index < -0.39 is 0 Å². The van der Waals surface area contributed by atoms with Crippen LogP contribution in [-0.2, 0) is 4.79 Å².